The summed E-state index contributed by atoms with van der Waals surface area (Å²) < 4.78 is 10.1. The second-order valence-corrected chi connectivity index (χ2v) is 5.94. The van der Waals surface area contributed by atoms with Crippen LogP contribution in [-0.2, 0) is 14.3 Å². The van der Waals surface area contributed by atoms with Crippen molar-refractivity contribution < 1.29 is 24.2 Å². The SMILES string of the molecule is Nc1cc(Cl)c(NC2=NCCN2C(=O)OCCOCCO[N+](=O)[O-])c(Cl)c1. The number of ether oxygens (including phenoxy) is 2. The molecule has 1 amide bonds. The monoisotopic (exact) mass is 421 g/mol. The number of benzene rings is 1. The number of halogens is 2. The number of carbonyl (C=O) groups is 1. The summed E-state index contributed by atoms with van der Waals surface area (Å²) in [5.41, 5.74) is 6.44. The van der Waals surface area contributed by atoms with E-state index in [9.17, 15) is 14.9 Å². The summed E-state index contributed by atoms with van der Waals surface area (Å²) in [6.45, 7) is 0.543. The van der Waals surface area contributed by atoms with Crippen molar-refractivity contribution in [2.24, 2.45) is 4.99 Å². The minimum Gasteiger partial charge on any atom is -0.447 e. The predicted molar refractivity (Wildman–Crippen MR) is 98.6 cm³/mol. The van der Waals surface area contributed by atoms with E-state index in [-0.39, 0.29) is 42.4 Å². The van der Waals surface area contributed by atoms with Crippen LogP contribution < -0.4 is 11.1 Å². The molecule has 3 N–H and O–H groups in total. The summed E-state index contributed by atoms with van der Waals surface area (Å²) in [5, 5.41) is 12.5. The molecule has 27 heavy (non-hydrogen) atoms. The van der Waals surface area contributed by atoms with Gasteiger partial charge in [0.25, 0.3) is 5.09 Å². The Morgan fingerprint density at radius 1 is 1.30 bits per heavy atom. The van der Waals surface area contributed by atoms with E-state index in [1.165, 1.54) is 17.0 Å². The lowest BCUT2D eigenvalue weighted by atomic mass is 10.3. The van der Waals surface area contributed by atoms with Crippen LogP contribution in [0.3, 0.4) is 0 Å². The van der Waals surface area contributed by atoms with Crippen molar-refractivity contribution in [3.05, 3.63) is 32.3 Å². The molecule has 13 heteroatoms. The van der Waals surface area contributed by atoms with Crippen molar-refractivity contribution in [3.63, 3.8) is 0 Å². The van der Waals surface area contributed by atoms with Gasteiger partial charge >= 0.3 is 6.09 Å². The number of hydrogen-bond acceptors (Lipinski definition) is 9. The summed E-state index contributed by atoms with van der Waals surface area (Å²) in [6, 6.07) is 3.04. The molecule has 2 rings (SSSR count). The van der Waals surface area contributed by atoms with Crippen LogP contribution in [0.1, 0.15) is 0 Å². The van der Waals surface area contributed by atoms with Gasteiger partial charge in [-0.3, -0.25) is 4.99 Å². The van der Waals surface area contributed by atoms with E-state index in [1.54, 1.807) is 0 Å². The highest BCUT2D eigenvalue weighted by molar-refractivity contribution is 6.40. The summed E-state index contributed by atoms with van der Waals surface area (Å²) in [4.78, 5) is 31.7. The Morgan fingerprint density at radius 3 is 2.63 bits per heavy atom. The number of anilines is 2. The lowest BCUT2D eigenvalue weighted by molar-refractivity contribution is -0.758. The van der Waals surface area contributed by atoms with Gasteiger partial charge in [0.2, 0.25) is 5.96 Å². The molecule has 1 heterocycles. The highest BCUT2D eigenvalue weighted by Crippen LogP contribution is 2.33. The Morgan fingerprint density at radius 2 is 1.96 bits per heavy atom. The minimum absolute atomic E-state index is 0.00461. The number of nitrogens with zero attached hydrogens (tertiary/aromatic N) is 3. The van der Waals surface area contributed by atoms with Crippen molar-refractivity contribution in [1.82, 2.24) is 4.90 Å². The van der Waals surface area contributed by atoms with E-state index in [2.05, 4.69) is 15.1 Å². The number of nitrogens with two attached hydrogens (primary N) is 1. The second-order valence-electron chi connectivity index (χ2n) is 5.13. The zero-order valence-corrected chi connectivity index (χ0v) is 15.5. The molecule has 0 bridgehead atoms. The van der Waals surface area contributed by atoms with Crippen LogP contribution in [0.5, 0.6) is 0 Å². The summed E-state index contributed by atoms with van der Waals surface area (Å²) in [5.74, 6) is 0.244. The quantitative estimate of drug-likeness (QED) is 0.281. The van der Waals surface area contributed by atoms with Crippen LogP contribution >= 0.6 is 23.2 Å². The van der Waals surface area contributed by atoms with Gasteiger partial charge in [0.05, 0.1) is 42.0 Å². The van der Waals surface area contributed by atoms with Gasteiger partial charge in [-0.15, -0.1) is 10.1 Å². The standard InChI is InChI=1S/C14H17Cl2N5O6/c15-10-7-9(17)8-11(16)12(10)19-13-18-1-2-20(13)14(22)26-5-3-25-4-6-27-21(23)24/h7-8H,1-6,17H2,(H,18,19). The third-order valence-electron chi connectivity index (χ3n) is 3.24. The maximum Gasteiger partial charge on any atom is 0.416 e. The molecule has 0 saturated carbocycles. The lowest BCUT2D eigenvalue weighted by Crippen LogP contribution is -2.39. The Hall–Kier alpha value is -2.50. The molecule has 0 saturated heterocycles. The molecule has 1 aromatic rings. The third kappa shape index (κ3) is 6.31. The zero-order valence-electron chi connectivity index (χ0n) is 14.0. The first-order valence-electron chi connectivity index (χ1n) is 7.74. The maximum absolute atomic E-state index is 12.2. The van der Waals surface area contributed by atoms with Gasteiger partial charge in [-0.05, 0) is 12.1 Å². The Balaban J connectivity index is 1.80. The predicted octanol–water partition coefficient (Wildman–Crippen LogP) is 2.02. The fourth-order valence-electron chi connectivity index (χ4n) is 2.09. The topological polar surface area (TPSA) is 142 Å². The fourth-order valence-corrected chi connectivity index (χ4v) is 2.69. The molecule has 0 radical (unpaired) electrons. The molecule has 0 aromatic heterocycles. The van der Waals surface area contributed by atoms with Crippen LogP contribution in [-0.4, -0.2) is 61.6 Å². The minimum atomic E-state index is -0.912. The van der Waals surface area contributed by atoms with Crippen LogP contribution in [0.2, 0.25) is 10.0 Å². The van der Waals surface area contributed by atoms with Gasteiger partial charge < -0.3 is 25.4 Å². The van der Waals surface area contributed by atoms with Crippen LogP contribution in [0.15, 0.2) is 17.1 Å². The lowest BCUT2D eigenvalue weighted by Gasteiger charge is -2.20. The van der Waals surface area contributed by atoms with Gasteiger partial charge in [0.1, 0.15) is 13.2 Å². The number of rotatable bonds is 8. The molecule has 1 aromatic carbocycles. The molecule has 0 fully saturated rings. The van der Waals surface area contributed by atoms with E-state index >= 15 is 0 Å². The van der Waals surface area contributed by atoms with Crippen LogP contribution in [0.25, 0.3) is 0 Å². The van der Waals surface area contributed by atoms with E-state index in [1.807, 2.05) is 0 Å². The van der Waals surface area contributed by atoms with E-state index in [0.717, 1.165) is 0 Å². The number of nitrogens with one attached hydrogen (secondary N) is 1. The summed E-state index contributed by atoms with van der Waals surface area (Å²) >= 11 is 12.2. The molecule has 1 aliphatic heterocycles. The van der Waals surface area contributed by atoms with Crippen molar-refractivity contribution in [2.45, 2.75) is 0 Å². The van der Waals surface area contributed by atoms with Gasteiger partial charge in [-0.2, -0.15) is 0 Å². The van der Waals surface area contributed by atoms with Crippen molar-refractivity contribution >= 4 is 46.6 Å². The number of amides is 1. The maximum atomic E-state index is 12.2. The molecular weight excluding hydrogens is 405 g/mol. The zero-order chi connectivity index (χ0) is 19.8. The molecular formula is C14H17Cl2N5O6. The van der Waals surface area contributed by atoms with Gasteiger partial charge in [-0.1, -0.05) is 23.2 Å². The first-order valence-corrected chi connectivity index (χ1v) is 8.49. The largest absolute Gasteiger partial charge is 0.447 e. The third-order valence-corrected chi connectivity index (χ3v) is 3.84. The number of guanidine groups is 1. The Labute approximate surface area is 164 Å². The van der Waals surface area contributed by atoms with Crippen LogP contribution in [0, 0.1) is 10.1 Å². The molecule has 0 atom stereocenters. The molecule has 0 aliphatic carbocycles. The summed E-state index contributed by atoms with van der Waals surface area (Å²) in [6.07, 6.45) is -0.633. The fraction of sp³-hybridized carbons (Fsp3) is 0.429. The number of carbonyl (C=O) groups excluding carboxylic acids is 1. The van der Waals surface area contributed by atoms with E-state index in [0.29, 0.717) is 24.5 Å². The Bertz CT molecular complexity index is 709. The Kier molecular flexibility index (Phi) is 7.70. The number of aliphatic imine (C=N–C) groups is 1. The van der Waals surface area contributed by atoms with Gasteiger partial charge in [-0.25, -0.2) is 9.69 Å². The van der Waals surface area contributed by atoms with Gasteiger partial charge in [0.15, 0.2) is 0 Å². The smallest absolute Gasteiger partial charge is 0.416 e. The highest BCUT2D eigenvalue weighted by atomic mass is 35.5. The molecule has 11 nitrogen and oxygen atoms in total. The summed E-state index contributed by atoms with van der Waals surface area (Å²) in [7, 11) is 0. The van der Waals surface area contributed by atoms with E-state index < -0.39 is 11.2 Å². The first-order chi connectivity index (χ1) is 12.9. The average Bonchev–Trinajstić information content (AvgIpc) is 3.05. The van der Waals surface area contributed by atoms with E-state index in [4.69, 9.17) is 38.4 Å². The second kappa shape index (κ2) is 10.00. The molecule has 0 unspecified atom stereocenters. The van der Waals surface area contributed by atoms with Crippen molar-refractivity contribution in [1.29, 1.82) is 0 Å². The first kappa shape index (κ1) is 20.8. The number of hydrogen-bond donors (Lipinski definition) is 2. The molecule has 148 valence electrons. The van der Waals surface area contributed by atoms with Crippen molar-refractivity contribution in [2.75, 3.05) is 50.6 Å². The van der Waals surface area contributed by atoms with Gasteiger partial charge in [0, 0.05) is 5.69 Å². The van der Waals surface area contributed by atoms with Crippen LogP contribution in [0.4, 0.5) is 16.2 Å². The van der Waals surface area contributed by atoms with Crippen molar-refractivity contribution in [3.8, 4) is 0 Å². The normalized spacial score (nSPS) is 13.3. The highest BCUT2D eigenvalue weighted by Gasteiger charge is 2.26. The average molecular weight is 422 g/mol. The molecule has 1 aliphatic rings. The number of nitrogen functional groups attached to an aromatic ring is 1. The molecule has 0 spiro atoms.